The summed E-state index contributed by atoms with van der Waals surface area (Å²) in [4.78, 5) is 19.3. The molecule has 0 saturated carbocycles. The fourth-order valence-electron chi connectivity index (χ4n) is 1.28. The molecular formula is C9H10ClN7O. The predicted octanol–water partition coefficient (Wildman–Crippen LogP) is -0.0391. The summed E-state index contributed by atoms with van der Waals surface area (Å²) in [7, 11) is 1.52. The van der Waals surface area contributed by atoms with Gasteiger partial charge >= 0.3 is 0 Å². The van der Waals surface area contributed by atoms with Crippen LogP contribution in [0.2, 0.25) is 5.02 Å². The molecule has 0 fully saturated rings. The van der Waals surface area contributed by atoms with Crippen molar-refractivity contribution in [3.63, 3.8) is 0 Å². The van der Waals surface area contributed by atoms with Gasteiger partial charge in [0.1, 0.15) is 5.02 Å². The highest BCUT2D eigenvalue weighted by Crippen LogP contribution is 2.17. The third-order valence-electron chi connectivity index (χ3n) is 2.12. The Bertz CT molecular complexity index is 582. The molecule has 2 aromatic heterocycles. The van der Waals surface area contributed by atoms with E-state index in [0.717, 1.165) is 0 Å². The van der Waals surface area contributed by atoms with Crippen LogP contribution in [0.1, 0.15) is 10.5 Å². The number of hydrogen-bond donors (Lipinski definition) is 3. The van der Waals surface area contributed by atoms with E-state index in [-0.39, 0.29) is 17.5 Å². The van der Waals surface area contributed by atoms with Crippen molar-refractivity contribution < 1.29 is 4.79 Å². The summed E-state index contributed by atoms with van der Waals surface area (Å²) >= 11 is 5.96. The van der Waals surface area contributed by atoms with Crippen molar-refractivity contribution in [1.82, 2.24) is 25.1 Å². The van der Waals surface area contributed by atoms with E-state index in [1.54, 1.807) is 12.3 Å². The van der Waals surface area contributed by atoms with E-state index >= 15 is 0 Å². The van der Waals surface area contributed by atoms with Gasteiger partial charge in [0.2, 0.25) is 5.95 Å². The number of nitrogen functional groups attached to an aromatic ring is 1. The summed E-state index contributed by atoms with van der Waals surface area (Å²) in [6, 6.07) is 1.55. The summed E-state index contributed by atoms with van der Waals surface area (Å²) < 4.78 is 1.37. The third kappa shape index (κ3) is 2.24. The van der Waals surface area contributed by atoms with E-state index in [9.17, 15) is 4.79 Å². The van der Waals surface area contributed by atoms with Gasteiger partial charge in [-0.15, -0.1) is 0 Å². The molecule has 2 aromatic rings. The Balaban J connectivity index is 2.42. The Labute approximate surface area is 107 Å². The second-order valence-electron chi connectivity index (χ2n) is 3.23. The van der Waals surface area contributed by atoms with Crippen LogP contribution in [0.15, 0.2) is 18.5 Å². The summed E-state index contributed by atoms with van der Waals surface area (Å²) in [6.45, 7) is 0. The average Bonchev–Trinajstić information content (AvgIpc) is 2.88. The van der Waals surface area contributed by atoms with Gasteiger partial charge in [-0.05, 0) is 6.07 Å². The maximum Gasteiger partial charge on any atom is 0.271 e. The monoisotopic (exact) mass is 267 g/mol. The first-order valence-corrected chi connectivity index (χ1v) is 5.30. The topological polar surface area (TPSA) is 111 Å². The molecule has 9 heteroatoms. The number of hydrogen-bond acceptors (Lipinski definition) is 6. The molecule has 2 heterocycles. The first-order valence-electron chi connectivity index (χ1n) is 4.93. The van der Waals surface area contributed by atoms with Crippen LogP contribution in [-0.2, 0) is 0 Å². The highest BCUT2D eigenvalue weighted by Gasteiger charge is 2.12. The molecule has 0 atom stereocenters. The SMILES string of the molecule is CNC(=O)c1ccn(-c2nc(NN)ncc2Cl)n1. The largest absolute Gasteiger partial charge is 0.354 e. The highest BCUT2D eigenvalue weighted by atomic mass is 35.5. The second kappa shape index (κ2) is 4.98. The summed E-state index contributed by atoms with van der Waals surface area (Å²) in [5, 5.41) is 6.81. The molecule has 0 saturated heterocycles. The lowest BCUT2D eigenvalue weighted by Crippen LogP contribution is -2.18. The van der Waals surface area contributed by atoms with Gasteiger partial charge in [0, 0.05) is 13.2 Å². The molecule has 18 heavy (non-hydrogen) atoms. The fourth-order valence-corrected chi connectivity index (χ4v) is 1.46. The van der Waals surface area contributed by atoms with Crippen LogP contribution in [0.5, 0.6) is 0 Å². The van der Waals surface area contributed by atoms with Crippen LogP contribution < -0.4 is 16.6 Å². The molecule has 0 aliphatic carbocycles. The fraction of sp³-hybridized carbons (Fsp3) is 0.111. The van der Waals surface area contributed by atoms with Crippen molar-refractivity contribution in [2.24, 2.45) is 5.84 Å². The molecule has 0 bridgehead atoms. The minimum Gasteiger partial charge on any atom is -0.354 e. The maximum absolute atomic E-state index is 11.4. The van der Waals surface area contributed by atoms with E-state index < -0.39 is 0 Å². The Morgan fingerprint density at radius 2 is 2.33 bits per heavy atom. The molecule has 0 aromatic carbocycles. The molecule has 0 aliphatic rings. The average molecular weight is 268 g/mol. The summed E-state index contributed by atoms with van der Waals surface area (Å²) in [6.07, 6.45) is 2.96. The van der Waals surface area contributed by atoms with E-state index in [2.05, 4.69) is 25.8 Å². The van der Waals surface area contributed by atoms with E-state index in [0.29, 0.717) is 10.8 Å². The Morgan fingerprint density at radius 1 is 1.56 bits per heavy atom. The van der Waals surface area contributed by atoms with Crippen molar-refractivity contribution in [3.05, 3.63) is 29.2 Å². The minimum absolute atomic E-state index is 0.200. The van der Waals surface area contributed by atoms with Crippen LogP contribution in [0.3, 0.4) is 0 Å². The molecule has 94 valence electrons. The van der Waals surface area contributed by atoms with Gasteiger partial charge in [0.05, 0.1) is 6.20 Å². The third-order valence-corrected chi connectivity index (χ3v) is 2.39. The number of nitrogens with one attached hydrogen (secondary N) is 2. The zero-order valence-corrected chi connectivity index (χ0v) is 10.1. The summed E-state index contributed by atoms with van der Waals surface area (Å²) in [5.41, 5.74) is 2.56. The Kier molecular flexibility index (Phi) is 3.40. The van der Waals surface area contributed by atoms with Crippen molar-refractivity contribution in [2.75, 3.05) is 12.5 Å². The highest BCUT2D eigenvalue weighted by molar-refractivity contribution is 6.32. The molecular weight excluding hydrogens is 258 g/mol. The van der Waals surface area contributed by atoms with E-state index in [1.165, 1.54) is 17.9 Å². The smallest absolute Gasteiger partial charge is 0.271 e. The Hall–Kier alpha value is -2.19. The number of carbonyl (C=O) groups is 1. The number of nitrogens with zero attached hydrogens (tertiary/aromatic N) is 4. The first kappa shape index (κ1) is 12.3. The van der Waals surface area contributed by atoms with Gasteiger partial charge in [0.15, 0.2) is 11.5 Å². The number of rotatable bonds is 3. The van der Waals surface area contributed by atoms with Crippen LogP contribution in [0.25, 0.3) is 5.82 Å². The predicted molar refractivity (Wildman–Crippen MR) is 65.4 cm³/mol. The first-order chi connectivity index (χ1) is 8.65. The molecule has 0 unspecified atom stereocenters. The van der Waals surface area contributed by atoms with Crippen molar-refractivity contribution in [2.45, 2.75) is 0 Å². The lowest BCUT2D eigenvalue weighted by molar-refractivity contribution is 0.0957. The van der Waals surface area contributed by atoms with Crippen LogP contribution in [-0.4, -0.2) is 32.7 Å². The molecule has 8 nitrogen and oxygen atoms in total. The van der Waals surface area contributed by atoms with Crippen molar-refractivity contribution in [3.8, 4) is 5.82 Å². The number of amides is 1. The van der Waals surface area contributed by atoms with Crippen LogP contribution in [0, 0.1) is 0 Å². The van der Waals surface area contributed by atoms with Crippen LogP contribution in [0.4, 0.5) is 5.95 Å². The van der Waals surface area contributed by atoms with Gasteiger partial charge in [-0.2, -0.15) is 10.1 Å². The molecule has 0 aliphatic heterocycles. The molecule has 1 amide bonds. The van der Waals surface area contributed by atoms with Crippen LogP contribution >= 0.6 is 11.6 Å². The lowest BCUT2D eigenvalue weighted by atomic mass is 10.4. The molecule has 2 rings (SSSR count). The second-order valence-corrected chi connectivity index (χ2v) is 3.64. The van der Waals surface area contributed by atoms with Gasteiger partial charge in [-0.1, -0.05) is 11.6 Å². The standard InChI is InChI=1S/C9H10ClN7O/c1-12-8(18)6-2-3-17(16-6)7-5(10)4-13-9(14-7)15-11/h2-4H,11H2,1H3,(H,12,18)(H,13,14,15). The van der Waals surface area contributed by atoms with Crippen molar-refractivity contribution in [1.29, 1.82) is 0 Å². The number of halogens is 1. The number of hydrazine groups is 1. The maximum atomic E-state index is 11.4. The van der Waals surface area contributed by atoms with E-state index in [1.807, 2.05) is 0 Å². The number of nitrogens with two attached hydrogens (primary N) is 1. The number of anilines is 1. The molecule has 0 radical (unpaired) electrons. The van der Waals surface area contributed by atoms with Crippen molar-refractivity contribution >= 4 is 23.5 Å². The number of aromatic nitrogens is 4. The van der Waals surface area contributed by atoms with Gasteiger partial charge in [-0.3, -0.25) is 10.2 Å². The lowest BCUT2D eigenvalue weighted by Gasteiger charge is -2.04. The minimum atomic E-state index is -0.295. The molecule has 0 spiro atoms. The zero-order chi connectivity index (χ0) is 13.1. The van der Waals surface area contributed by atoms with Gasteiger partial charge in [-0.25, -0.2) is 15.5 Å². The Morgan fingerprint density at radius 3 is 3.00 bits per heavy atom. The zero-order valence-electron chi connectivity index (χ0n) is 9.38. The number of carbonyl (C=O) groups excluding carboxylic acids is 1. The van der Waals surface area contributed by atoms with Gasteiger partial charge < -0.3 is 5.32 Å². The van der Waals surface area contributed by atoms with Gasteiger partial charge in [0.25, 0.3) is 5.91 Å². The van der Waals surface area contributed by atoms with E-state index in [4.69, 9.17) is 17.4 Å². The quantitative estimate of drug-likeness (QED) is 0.532. The molecule has 4 N–H and O–H groups in total. The summed E-state index contributed by atoms with van der Waals surface area (Å²) in [5.74, 6) is 5.44. The normalized spacial score (nSPS) is 10.2.